The molecule has 106 valence electrons. The van der Waals surface area contributed by atoms with E-state index < -0.39 is 17.4 Å². The van der Waals surface area contributed by atoms with Crippen LogP contribution >= 0.6 is 0 Å². The summed E-state index contributed by atoms with van der Waals surface area (Å²) in [5, 5.41) is 2.70. The molecule has 0 radical (unpaired) electrons. The van der Waals surface area contributed by atoms with E-state index in [9.17, 15) is 9.59 Å². The van der Waals surface area contributed by atoms with Gasteiger partial charge in [-0.15, -0.1) is 0 Å². The molecule has 1 aliphatic heterocycles. The molecule has 20 heavy (non-hydrogen) atoms. The maximum absolute atomic E-state index is 12.2. The van der Waals surface area contributed by atoms with Crippen LogP contribution in [0.3, 0.4) is 0 Å². The molecule has 0 bridgehead atoms. The van der Waals surface area contributed by atoms with Crippen LogP contribution in [-0.4, -0.2) is 23.2 Å². The summed E-state index contributed by atoms with van der Waals surface area (Å²) in [4.78, 5) is 28.4. The summed E-state index contributed by atoms with van der Waals surface area (Å²) in [5.74, 6) is -1.41. The molecule has 1 aromatic rings. The molecule has 3 N–H and O–H groups in total. The van der Waals surface area contributed by atoms with Crippen molar-refractivity contribution in [2.75, 3.05) is 0 Å². The largest absolute Gasteiger partial charge is 0.319 e. The number of hydrogen-bond acceptors (Lipinski definition) is 3. The zero-order valence-electron chi connectivity index (χ0n) is 11.7. The van der Waals surface area contributed by atoms with Crippen molar-refractivity contribution in [3.05, 3.63) is 35.9 Å². The monoisotopic (exact) mass is 273 g/mol. The predicted molar refractivity (Wildman–Crippen MR) is 77.3 cm³/mol. The van der Waals surface area contributed by atoms with E-state index >= 15 is 0 Å². The van der Waals surface area contributed by atoms with Crippen LogP contribution in [0.15, 0.2) is 35.3 Å². The number of benzene rings is 1. The second-order valence-corrected chi connectivity index (χ2v) is 4.99. The van der Waals surface area contributed by atoms with E-state index in [-0.39, 0.29) is 11.7 Å². The van der Waals surface area contributed by atoms with Crippen LogP contribution in [0.5, 0.6) is 0 Å². The Morgan fingerprint density at radius 3 is 2.30 bits per heavy atom. The first-order chi connectivity index (χ1) is 9.51. The fourth-order valence-corrected chi connectivity index (χ4v) is 2.26. The van der Waals surface area contributed by atoms with Crippen molar-refractivity contribution in [2.45, 2.75) is 38.1 Å². The fraction of sp³-hybridized carbons (Fsp3) is 0.400. The van der Waals surface area contributed by atoms with Gasteiger partial charge in [0.15, 0.2) is 0 Å². The van der Waals surface area contributed by atoms with E-state index in [4.69, 9.17) is 5.73 Å². The summed E-state index contributed by atoms with van der Waals surface area (Å²) < 4.78 is 0. The minimum Gasteiger partial charge on any atom is -0.319 e. The molecule has 2 rings (SSSR count). The van der Waals surface area contributed by atoms with Crippen LogP contribution in [0.1, 0.15) is 38.2 Å². The van der Waals surface area contributed by atoms with Crippen molar-refractivity contribution in [1.29, 1.82) is 0 Å². The molecule has 0 saturated carbocycles. The van der Waals surface area contributed by atoms with Gasteiger partial charge in [-0.3, -0.25) is 9.59 Å². The molecule has 0 spiro atoms. The Balaban J connectivity index is 2.35. The van der Waals surface area contributed by atoms with E-state index in [1.54, 1.807) is 24.3 Å². The Kier molecular flexibility index (Phi) is 3.99. The van der Waals surface area contributed by atoms with Gasteiger partial charge in [0.25, 0.3) is 5.91 Å². The number of nitrogens with two attached hydrogens (primary N) is 1. The smallest absolute Gasteiger partial charge is 0.264 e. The number of nitrogens with one attached hydrogen (secondary N) is 1. The number of carbonyl (C=O) groups is 2. The van der Waals surface area contributed by atoms with Crippen LogP contribution in [-0.2, 0) is 9.59 Å². The number of amidine groups is 1. The van der Waals surface area contributed by atoms with Crippen molar-refractivity contribution < 1.29 is 9.59 Å². The molecule has 0 aromatic heterocycles. The van der Waals surface area contributed by atoms with Crippen molar-refractivity contribution in [3.8, 4) is 0 Å². The number of hydrogen-bond donors (Lipinski definition) is 2. The van der Waals surface area contributed by atoms with E-state index in [1.165, 1.54) is 0 Å². The molecule has 2 amide bonds. The van der Waals surface area contributed by atoms with Gasteiger partial charge < -0.3 is 11.1 Å². The second-order valence-electron chi connectivity index (χ2n) is 4.99. The topological polar surface area (TPSA) is 84.5 Å². The van der Waals surface area contributed by atoms with Crippen LogP contribution in [0, 0.1) is 0 Å². The Morgan fingerprint density at radius 1 is 1.20 bits per heavy atom. The molecular weight excluding hydrogens is 254 g/mol. The Hall–Kier alpha value is -2.01. The molecule has 0 saturated heterocycles. The van der Waals surface area contributed by atoms with E-state index in [0.29, 0.717) is 18.4 Å². The predicted octanol–water partition coefficient (Wildman–Crippen LogP) is 1.34. The number of rotatable bonds is 4. The summed E-state index contributed by atoms with van der Waals surface area (Å²) in [6.45, 7) is 3.82. The van der Waals surface area contributed by atoms with Gasteiger partial charge in [-0.05, 0) is 18.4 Å². The van der Waals surface area contributed by atoms with Crippen LogP contribution < -0.4 is 11.1 Å². The van der Waals surface area contributed by atoms with Gasteiger partial charge in [0.2, 0.25) is 5.91 Å². The number of amides is 2. The SMILES string of the molecule is CCC(N)(CC)C1=NC(=O)C(c2ccccc2)C(=O)N1. The molecule has 1 atom stereocenters. The van der Waals surface area contributed by atoms with Crippen molar-refractivity contribution in [2.24, 2.45) is 10.7 Å². The van der Waals surface area contributed by atoms with E-state index in [1.807, 2.05) is 19.9 Å². The lowest BCUT2D eigenvalue weighted by atomic mass is 9.89. The van der Waals surface area contributed by atoms with Gasteiger partial charge in [0, 0.05) is 0 Å². The van der Waals surface area contributed by atoms with Gasteiger partial charge in [-0.1, -0.05) is 44.2 Å². The van der Waals surface area contributed by atoms with Crippen LogP contribution in [0.25, 0.3) is 0 Å². The molecule has 0 aliphatic carbocycles. The first-order valence-corrected chi connectivity index (χ1v) is 6.79. The van der Waals surface area contributed by atoms with Crippen molar-refractivity contribution in [3.63, 3.8) is 0 Å². The fourth-order valence-electron chi connectivity index (χ4n) is 2.26. The highest BCUT2D eigenvalue weighted by molar-refractivity contribution is 6.21. The summed E-state index contributed by atoms with van der Waals surface area (Å²) in [7, 11) is 0. The maximum atomic E-state index is 12.2. The lowest BCUT2D eigenvalue weighted by Gasteiger charge is -2.32. The number of nitrogens with zero attached hydrogens (tertiary/aromatic N) is 1. The molecule has 1 aromatic carbocycles. The third kappa shape index (κ3) is 2.49. The quantitative estimate of drug-likeness (QED) is 0.812. The molecule has 5 nitrogen and oxygen atoms in total. The molecule has 1 heterocycles. The lowest BCUT2D eigenvalue weighted by molar-refractivity contribution is -0.130. The summed E-state index contributed by atoms with van der Waals surface area (Å²) >= 11 is 0. The van der Waals surface area contributed by atoms with Gasteiger partial charge in [-0.25, -0.2) is 0 Å². The first-order valence-electron chi connectivity index (χ1n) is 6.79. The number of aliphatic imine (C=N–C) groups is 1. The molecule has 1 aliphatic rings. The van der Waals surface area contributed by atoms with Gasteiger partial charge in [-0.2, -0.15) is 4.99 Å². The molecular formula is C15H19N3O2. The highest BCUT2D eigenvalue weighted by Crippen LogP contribution is 2.23. The maximum Gasteiger partial charge on any atom is 0.264 e. The third-order valence-corrected chi connectivity index (χ3v) is 3.84. The van der Waals surface area contributed by atoms with Gasteiger partial charge in [0.05, 0.1) is 5.54 Å². The average Bonchev–Trinajstić information content (AvgIpc) is 2.46. The first kappa shape index (κ1) is 14.4. The molecule has 0 fully saturated rings. The van der Waals surface area contributed by atoms with Gasteiger partial charge >= 0.3 is 0 Å². The summed E-state index contributed by atoms with van der Waals surface area (Å²) in [6.07, 6.45) is 1.21. The second kappa shape index (κ2) is 5.54. The zero-order valence-corrected chi connectivity index (χ0v) is 11.7. The minimum absolute atomic E-state index is 0.282. The third-order valence-electron chi connectivity index (χ3n) is 3.84. The highest BCUT2D eigenvalue weighted by atomic mass is 16.2. The zero-order chi connectivity index (χ0) is 14.8. The van der Waals surface area contributed by atoms with Crippen molar-refractivity contribution >= 4 is 17.6 Å². The Labute approximate surface area is 118 Å². The van der Waals surface area contributed by atoms with E-state index in [0.717, 1.165) is 0 Å². The molecule has 1 unspecified atom stereocenters. The van der Waals surface area contributed by atoms with Gasteiger partial charge in [0.1, 0.15) is 11.8 Å². The Morgan fingerprint density at radius 2 is 1.80 bits per heavy atom. The molecule has 5 heteroatoms. The highest BCUT2D eigenvalue weighted by Gasteiger charge is 2.39. The average molecular weight is 273 g/mol. The van der Waals surface area contributed by atoms with E-state index in [2.05, 4.69) is 10.3 Å². The summed E-state index contributed by atoms with van der Waals surface area (Å²) in [5.41, 5.74) is 6.07. The lowest BCUT2D eigenvalue weighted by Crippen LogP contribution is -2.58. The van der Waals surface area contributed by atoms with Crippen LogP contribution in [0.4, 0.5) is 0 Å². The normalized spacial score (nSPS) is 19.6. The standard InChI is InChI=1S/C15H19N3O2/c1-3-15(16,4-2)14-17-12(19)11(13(20)18-14)10-8-6-5-7-9-10/h5-9,11H,3-4,16H2,1-2H3,(H,17,18,19,20). The number of carbonyl (C=O) groups excluding carboxylic acids is 2. The van der Waals surface area contributed by atoms with Crippen LogP contribution in [0.2, 0.25) is 0 Å². The summed E-state index contributed by atoms with van der Waals surface area (Å²) in [6, 6.07) is 8.92. The Bertz CT molecular complexity index is 547. The van der Waals surface area contributed by atoms with Crippen molar-refractivity contribution in [1.82, 2.24) is 5.32 Å². The minimum atomic E-state index is -0.877.